The van der Waals surface area contributed by atoms with Crippen molar-refractivity contribution in [2.45, 2.75) is 200 Å². The standard InChI is InChI=1S/C49H87NO8/c1-6-8-10-12-14-16-18-20-22-23-24-25-26-28-30-32-34-36-38-40-47(52)58-45(44-57-49(48(53)54)55-42-41-50(3,4)5)43-56-46(51)39-37-35-33-31-29-27-21-19-17-15-13-11-9-7-2/h13-16,19-22,45,49H,6-12,17-18,23-44H2,1-5H3/b15-13-,16-14-,21-19-,22-20-. The van der Waals surface area contributed by atoms with E-state index >= 15 is 0 Å². The molecule has 2 atom stereocenters. The van der Waals surface area contributed by atoms with Crippen LogP contribution in [0.1, 0.15) is 187 Å². The Bertz CT molecular complexity index is 1090. The number of ether oxygens (including phenoxy) is 4. The first kappa shape index (κ1) is 55.2. The predicted molar refractivity (Wildman–Crippen MR) is 237 cm³/mol. The lowest BCUT2D eigenvalue weighted by atomic mass is 10.1. The highest BCUT2D eigenvalue weighted by Crippen LogP contribution is 2.14. The Balaban J connectivity index is 4.43. The normalized spacial score (nSPS) is 13.3. The van der Waals surface area contributed by atoms with Crippen molar-refractivity contribution in [2.24, 2.45) is 0 Å². The van der Waals surface area contributed by atoms with Crippen molar-refractivity contribution < 1.29 is 42.9 Å². The lowest BCUT2D eigenvalue weighted by molar-refractivity contribution is -0.870. The topological polar surface area (TPSA) is 111 Å². The Hall–Kier alpha value is -2.75. The zero-order valence-corrected chi connectivity index (χ0v) is 37.9. The molecule has 0 rings (SSSR count). The van der Waals surface area contributed by atoms with Gasteiger partial charge in [-0.25, -0.2) is 0 Å². The second kappa shape index (κ2) is 41.0. The van der Waals surface area contributed by atoms with Crippen molar-refractivity contribution in [3.63, 3.8) is 0 Å². The molecule has 0 saturated carbocycles. The number of nitrogens with zero attached hydrogens (tertiary/aromatic N) is 1. The van der Waals surface area contributed by atoms with Gasteiger partial charge in [-0.3, -0.25) is 9.59 Å². The van der Waals surface area contributed by atoms with Gasteiger partial charge in [-0.05, 0) is 70.6 Å². The molecule has 0 radical (unpaired) electrons. The van der Waals surface area contributed by atoms with Crippen LogP contribution in [0.3, 0.4) is 0 Å². The van der Waals surface area contributed by atoms with E-state index in [0.717, 1.165) is 83.5 Å². The monoisotopic (exact) mass is 818 g/mol. The van der Waals surface area contributed by atoms with Gasteiger partial charge in [0.25, 0.3) is 0 Å². The van der Waals surface area contributed by atoms with Gasteiger partial charge >= 0.3 is 11.9 Å². The van der Waals surface area contributed by atoms with Gasteiger partial charge < -0.3 is 33.3 Å². The number of allylic oxidation sites excluding steroid dienone is 8. The van der Waals surface area contributed by atoms with Crippen molar-refractivity contribution in [2.75, 3.05) is 47.5 Å². The predicted octanol–water partition coefficient (Wildman–Crippen LogP) is 11.1. The molecular weight excluding hydrogens is 731 g/mol. The number of carboxylic acids is 1. The van der Waals surface area contributed by atoms with Crippen LogP contribution in [0.5, 0.6) is 0 Å². The van der Waals surface area contributed by atoms with Gasteiger partial charge in [0.15, 0.2) is 12.4 Å². The van der Waals surface area contributed by atoms with Crippen molar-refractivity contribution in [1.82, 2.24) is 0 Å². The molecule has 0 spiro atoms. The van der Waals surface area contributed by atoms with Gasteiger partial charge in [-0.1, -0.05) is 152 Å². The van der Waals surface area contributed by atoms with Crippen LogP contribution < -0.4 is 5.11 Å². The Labute approximate surface area is 355 Å². The fourth-order valence-corrected chi connectivity index (χ4v) is 6.11. The maximum Gasteiger partial charge on any atom is 0.306 e. The Kier molecular flexibility index (Phi) is 39.1. The number of carbonyl (C=O) groups excluding carboxylic acids is 3. The van der Waals surface area contributed by atoms with Crippen molar-refractivity contribution >= 4 is 17.9 Å². The zero-order valence-electron chi connectivity index (χ0n) is 37.9. The molecule has 0 aliphatic carbocycles. The largest absolute Gasteiger partial charge is 0.545 e. The molecule has 0 aromatic carbocycles. The summed E-state index contributed by atoms with van der Waals surface area (Å²) in [6, 6.07) is 0. The minimum atomic E-state index is -1.62. The molecule has 58 heavy (non-hydrogen) atoms. The molecule has 336 valence electrons. The third-order valence-electron chi connectivity index (χ3n) is 9.80. The van der Waals surface area contributed by atoms with Crippen LogP contribution in [0.25, 0.3) is 0 Å². The number of likely N-dealkylation sites (N-methyl/N-ethyl adjacent to an activating group) is 1. The minimum absolute atomic E-state index is 0.143. The molecule has 0 heterocycles. The number of aliphatic carboxylic acids is 1. The quantitative estimate of drug-likeness (QED) is 0.0197. The SMILES string of the molecule is CCCC/C=C\C/C=C\CCCCCCCC(=O)OCC(COC(OCC[N+](C)(C)C)C(=O)[O-])OC(=O)CCCCCCCCCCC/C=C\C/C=C\CCCCC. The van der Waals surface area contributed by atoms with E-state index in [9.17, 15) is 19.5 Å². The van der Waals surface area contributed by atoms with Crippen LogP contribution in [-0.2, 0) is 33.3 Å². The number of hydrogen-bond acceptors (Lipinski definition) is 8. The van der Waals surface area contributed by atoms with Gasteiger partial charge in [-0.15, -0.1) is 0 Å². The molecule has 0 saturated heterocycles. The number of unbranched alkanes of at least 4 members (excludes halogenated alkanes) is 19. The van der Waals surface area contributed by atoms with Gasteiger partial charge in [0.1, 0.15) is 13.2 Å². The van der Waals surface area contributed by atoms with E-state index in [4.69, 9.17) is 18.9 Å². The van der Waals surface area contributed by atoms with E-state index in [0.29, 0.717) is 17.4 Å². The molecular formula is C49H87NO8. The average molecular weight is 818 g/mol. The first-order valence-electron chi connectivity index (χ1n) is 23.3. The number of esters is 2. The molecule has 0 amide bonds. The molecule has 0 N–H and O–H groups in total. The molecule has 0 bridgehead atoms. The van der Waals surface area contributed by atoms with E-state index in [1.54, 1.807) is 0 Å². The average Bonchev–Trinajstić information content (AvgIpc) is 3.18. The highest BCUT2D eigenvalue weighted by molar-refractivity contribution is 5.70. The number of quaternary nitrogens is 1. The first-order chi connectivity index (χ1) is 28.1. The molecule has 9 heteroatoms. The maximum absolute atomic E-state index is 12.8. The molecule has 0 fully saturated rings. The van der Waals surface area contributed by atoms with Gasteiger partial charge in [0.2, 0.25) is 0 Å². The summed E-state index contributed by atoms with van der Waals surface area (Å²) in [6.45, 7) is 4.65. The highest BCUT2D eigenvalue weighted by Gasteiger charge is 2.21. The Morgan fingerprint density at radius 1 is 0.517 bits per heavy atom. The maximum atomic E-state index is 12.8. The van der Waals surface area contributed by atoms with Gasteiger partial charge in [-0.2, -0.15) is 0 Å². The summed E-state index contributed by atoms with van der Waals surface area (Å²) >= 11 is 0. The second-order valence-corrected chi connectivity index (χ2v) is 16.7. The fourth-order valence-electron chi connectivity index (χ4n) is 6.11. The van der Waals surface area contributed by atoms with Crippen LogP contribution >= 0.6 is 0 Å². The lowest BCUT2D eigenvalue weighted by Crippen LogP contribution is -2.44. The van der Waals surface area contributed by atoms with Crippen molar-refractivity contribution in [1.29, 1.82) is 0 Å². The zero-order chi connectivity index (χ0) is 42.8. The summed E-state index contributed by atoms with van der Waals surface area (Å²) < 4.78 is 22.5. The van der Waals surface area contributed by atoms with Crippen molar-refractivity contribution in [3.8, 4) is 0 Å². The highest BCUT2D eigenvalue weighted by atomic mass is 16.7. The molecule has 0 aromatic heterocycles. The molecule has 0 aliphatic rings. The van der Waals surface area contributed by atoms with Crippen LogP contribution in [-0.4, -0.2) is 82.3 Å². The van der Waals surface area contributed by atoms with E-state index in [-0.39, 0.29) is 38.6 Å². The van der Waals surface area contributed by atoms with Gasteiger partial charge in [0.05, 0.1) is 40.3 Å². The minimum Gasteiger partial charge on any atom is -0.545 e. The lowest BCUT2D eigenvalue weighted by Gasteiger charge is -2.26. The van der Waals surface area contributed by atoms with E-state index in [1.807, 2.05) is 21.1 Å². The summed E-state index contributed by atoms with van der Waals surface area (Å²) in [6.07, 6.45) is 44.2. The van der Waals surface area contributed by atoms with Crippen molar-refractivity contribution in [3.05, 3.63) is 48.6 Å². The summed E-state index contributed by atoms with van der Waals surface area (Å²) in [5, 5.41) is 11.7. The summed E-state index contributed by atoms with van der Waals surface area (Å²) in [5.41, 5.74) is 0. The number of carboxylic acid groups (broad SMARTS) is 1. The van der Waals surface area contributed by atoms with Crippen LogP contribution in [0.2, 0.25) is 0 Å². The summed E-state index contributed by atoms with van der Waals surface area (Å²) in [4.78, 5) is 37.0. The first-order valence-corrected chi connectivity index (χ1v) is 23.3. The summed E-state index contributed by atoms with van der Waals surface area (Å²) in [7, 11) is 5.90. The summed E-state index contributed by atoms with van der Waals surface area (Å²) in [5.74, 6) is -2.31. The van der Waals surface area contributed by atoms with Crippen LogP contribution in [0.4, 0.5) is 0 Å². The molecule has 9 nitrogen and oxygen atoms in total. The molecule has 0 aromatic rings. The van der Waals surface area contributed by atoms with Crippen LogP contribution in [0.15, 0.2) is 48.6 Å². The number of hydrogen-bond donors (Lipinski definition) is 0. The fraction of sp³-hybridized carbons (Fsp3) is 0.776. The smallest absolute Gasteiger partial charge is 0.306 e. The molecule has 2 unspecified atom stereocenters. The van der Waals surface area contributed by atoms with Crippen LogP contribution in [0, 0.1) is 0 Å². The number of carbonyl (C=O) groups is 3. The molecule has 0 aliphatic heterocycles. The van der Waals surface area contributed by atoms with E-state index < -0.39 is 24.3 Å². The third kappa shape index (κ3) is 41.4. The van der Waals surface area contributed by atoms with Gasteiger partial charge in [0, 0.05) is 12.8 Å². The number of rotatable bonds is 42. The van der Waals surface area contributed by atoms with E-state index in [2.05, 4.69) is 62.5 Å². The Morgan fingerprint density at radius 3 is 1.41 bits per heavy atom. The Morgan fingerprint density at radius 2 is 0.948 bits per heavy atom. The second-order valence-electron chi connectivity index (χ2n) is 16.7. The third-order valence-corrected chi connectivity index (χ3v) is 9.80. The van der Waals surface area contributed by atoms with E-state index in [1.165, 1.54) is 70.6 Å².